The van der Waals surface area contributed by atoms with Crippen LogP contribution >= 0.6 is 11.8 Å². The number of hydrogen-bond acceptors (Lipinski definition) is 3. The normalized spacial score (nSPS) is 27.9. The van der Waals surface area contributed by atoms with Gasteiger partial charge in [0, 0.05) is 18.7 Å². The highest BCUT2D eigenvalue weighted by Crippen LogP contribution is 2.37. The van der Waals surface area contributed by atoms with Crippen molar-refractivity contribution in [1.29, 1.82) is 0 Å². The summed E-state index contributed by atoms with van der Waals surface area (Å²) in [6.45, 7) is 7.96. The molecule has 3 heteroatoms. The predicted octanol–water partition coefficient (Wildman–Crippen LogP) is 4.24. The molecule has 2 aliphatic heterocycles. The van der Waals surface area contributed by atoms with Gasteiger partial charge in [-0.15, -0.1) is 0 Å². The summed E-state index contributed by atoms with van der Waals surface area (Å²) in [6.07, 6.45) is 9.00. The molecule has 2 rings (SSSR count). The Hall–Kier alpha value is 0.270. The number of nitrogens with one attached hydrogen (secondary N) is 1. The maximum Gasteiger partial charge on any atom is 0.0713 e. The van der Waals surface area contributed by atoms with Gasteiger partial charge in [0.15, 0.2) is 0 Å². The highest BCUT2D eigenvalue weighted by molar-refractivity contribution is 7.99. The van der Waals surface area contributed by atoms with Crippen molar-refractivity contribution in [3.63, 3.8) is 0 Å². The Kier molecular flexibility index (Phi) is 6.70. The van der Waals surface area contributed by atoms with Gasteiger partial charge in [0.1, 0.15) is 0 Å². The minimum absolute atomic E-state index is 0.221. The van der Waals surface area contributed by atoms with E-state index in [-0.39, 0.29) is 5.60 Å². The van der Waals surface area contributed by atoms with Gasteiger partial charge < -0.3 is 10.1 Å². The van der Waals surface area contributed by atoms with Crippen LogP contribution in [0.1, 0.15) is 65.7 Å². The van der Waals surface area contributed by atoms with E-state index < -0.39 is 0 Å². The fraction of sp³-hybridized carbons (Fsp3) is 1.00. The smallest absolute Gasteiger partial charge is 0.0713 e. The quantitative estimate of drug-likeness (QED) is 0.793. The van der Waals surface area contributed by atoms with Crippen LogP contribution in [0.4, 0.5) is 0 Å². The third kappa shape index (κ3) is 5.23. The van der Waals surface area contributed by atoms with Crippen LogP contribution < -0.4 is 5.32 Å². The monoisotopic (exact) mass is 299 g/mol. The van der Waals surface area contributed by atoms with E-state index in [2.05, 4.69) is 37.8 Å². The largest absolute Gasteiger partial charge is 0.375 e. The average molecular weight is 300 g/mol. The SMILES string of the molecule is CC(C)CCCC(C)NC1CCOC2(CCSCC2)C1. The molecule has 118 valence electrons. The molecule has 2 atom stereocenters. The summed E-state index contributed by atoms with van der Waals surface area (Å²) in [6, 6.07) is 1.34. The van der Waals surface area contributed by atoms with Gasteiger partial charge >= 0.3 is 0 Å². The molecule has 0 amide bonds. The van der Waals surface area contributed by atoms with Gasteiger partial charge in [-0.3, -0.25) is 0 Å². The molecule has 2 heterocycles. The van der Waals surface area contributed by atoms with Crippen molar-refractivity contribution in [1.82, 2.24) is 5.32 Å². The topological polar surface area (TPSA) is 21.3 Å². The fourth-order valence-electron chi connectivity index (χ4n) is 3.58. The van der Waals surface area contributed by atoms with Crippen LogP contribution in [0.25, 0.3) is 0 Å². The minimum Gasteiger partial charge on any atom is -0.375 e. The Bertz CT molecular complexity index is 271. The van der Waals surface area contributed by atoms with Crippen molar-refractivity contribution in [2.24, 2.45) is 5.92 Å². The molecule has 1 spiro atoms. The minimum atomic E-state index is 0.221. The lowest BCUT2D eigenvalue weighted by Gasteiger charge is -2.44. The summed E-state index contributed by atoms with van der Waals surface area (Å²) in [5, 5.41) is 3.88. The Morgan fingerprint density at radius 2 is 1.95 bits per heavy atom. The first-order chi connectivity index (χ1) is 9.60. The van der Waals surface area contributed by atoms with Gasteiger partial charge in [0.2, 0.25) is 0 Å². The lowest BCUT2D eigenvalue weighted by atomic mass is 9.85. The van der Waals surface area contributed by atoms with Gasteiger partial charge in [-0.05, 0) is 56.5 Å². The van der Waals surface area contributed by atoms with Crippen molar-refractivity contribution >= 4 is 11.8 Å². The van der Waals surface area contributed by atoms with E-state index in [0.29, 0.717) is 12.1 Å². The van der Waals surface area contributed by atoms with Crippen molar-refractivity contribution in [3.05, 3.63) is 0 Å². The summed E-state index contributed by atoms with van der Waals surface area (Å²) < 4.78 is 6.18. The number of ether oxygens (including phenoxy) is 1. The first kappa shape index (κ1) is 16.6. The molecule has 2 aliphatic rings. The van der Waals surface area contributed by atoms with Crippen LogP contribution in [0.5, 0.6) is 0 Å². The second-order valence-corrected chi connectivity index (χ2v) is 8.45. The molecule has 2 saturated heterocycles. The highest BCUT2D eigenvalue weighted by atomic mass is 32.2. The van der Waals surface area contributed by atoms with Gasteiger partial charge in [-0.25, -0.2) is 0 Å². The number of hydrogen-bond donors (Lipinski definition) is 1. The van der Waals surface area contributed by atoms with E-state index in [4.69, 9.17) is 4.74 Å². The highest BCUT2D eigenvalue weighted by Gasteiger charge is 2.38. The third-order valence-electron chi connectivity index (χ3n) is 4.84. The first-order valence-corrected chi connectivity index (χ1v) is 9.73. The molecule has 2 unspecified atom stereocenters. The summed E-state index contributed by atoms with van der Waals surface area (Å²) in [5.41, 5.74) is 0.221. The second-order valence-electron chi connectivity index (χ2n) is 7.23. The van der Waals surface area contributed by atoms with Crippen LogP contribution in [0, 0.1) is 5.92 Å². The summed E-state index contributed by atoms with van der Waals surface area (Å²) in [5.74, 6) is 3.42. The van der Waals surface area contributed by atoms with Gasteiger partial charge in [0.25, 0.3) is 0 Å². The maximum atomic E-state index is 6.18. The predicted molar refractivity (Wildman–Crippen MR) is 89.6 cm³/mol. The standard InChI is InChI=1S/C17H33NOS/c1-14(2)5-4-6-15(3)18-16-7-10-19-17(13-16)8-11-20-12-9-17/h14-16,18H,4-13H2,1-3H3. The Labute approximate surface area is 129 Å². The van der Waals surface area contributed by atoms with Gasteiger partial charge in [0.05, 0.1) is 5.60 Å². The summed E-state index contributed by atoms with van der Waals surface area (Å²) >= 11 is 2.09. The van der Waals surface area contributed by atoms with Crippen LogP contribution in [0.15, 0.2) is 0 Å². The molecule has 2 nitrogen and oxygen atoms in total. The molecule has 0 saturated carbocycles. The zero-order chi connectivity index (χ0) is 14.4. The summed E-state index contributed by atoms with van der Waals surface area (Å²) in [4.78, 5) is 0. The van der Waals surface area contributed by atoms with Crippen LogP contribution in [0.2, 0.25) is 0 Å². The van der Waals surface area contributed by atoms with E-state index in [0.717, 1.165) is 12.5 Å². The van der Waals surface area contributed by atoms with Crippen molar-refractivity contribution in [2.75, 3.05) is 18.1 Å². The fourth-order valence-corrected chi connectivity index (χ4v) is 4.82. The van der Waals surface area contributed by atoms with E-state index in [9.17, 15) is 0 Å². The lowest BCUT2D eigenvalue weighted by molar-refractivity contribution is -0.0941. The third-order valence-corrected chi connectivity index (χ3v) is 5.82. The molecule has 0 aromatic rings. The Morgan fingerprint density at radius 1 is 1.20 bits per heavy atom. The van der Waals surface area contributed by atoms with E-state index in [1.165, 1.54) is 56.5 Å². The van der Waals surface area contributed by atoms with E-state index >= 15 is 0 Å². The van der Waals surface area contributed by atoms with Crippen molar-refractivity contribution < 1.29 is 4.74 Å². The zero-order valence-corrected chi connectivity index (χ0v) is 14.4. The van der Waals surface area contributed by atoms with Gasteiger partial charge in [-0.2, -0.15) is 11.8 Å². The van der Waals surface area contributed by atoms with Crippen molar-refractivity contribution in [3.8, 4) is 0 Å². The summed E-state index contributed by atoms with van der Waals surface area (Å²) in [7, 11) is 0. The van der Waals surface area contributed by atoms with E-state index in [1.807, 2.05) is 0 Å². The molecule has 0 radical (unpaired) electrons. The number of thioether (sulfide) groups is 1. The zero-order valence-electron chi connectivity index (χ0n) is 13.6. The van der Waals surface area contributed by atoms with Crippen LogP contribution in [0.3, 0.4) is 0 Å². The van der Waals surface area contributed by atoms with Crippen LogP contribution in [-0.2, 0) is 4.74 Å². The Balaban J connectivity index is 1.72. The molecular formula is C17H33NOS. The molecule has 0 aromatic heterocycles. The molecule has 2 fully saturated rings. The molecule has 0 aromatic carbocycles. The maximum absolute atomic E-state index is 6.18. The van der Waals surface area contributed by atoms with Crippen LogP contribution in [-0.4, -0.2) is 35.8 Å². The molecular weight excluding hydrogens is 266 g/mol. The molecule has 0 aliphatic carbocycles. The Morgan fingerprint density at radius 3 is 2.65 bits per heavy atom. The number of rotatable bonds is 6. The lowest BCUT2D eigenvalue weighted by Crippen LogP contribution is -2.50. The van der Waals surface area contributed by atoms with Gasteiger partial charge in [-0.1, -0.05) is 26.7 Å². The second kappa shape index (κ2) is 8.05. The average Bonchev–Trinajstić information content (AvgIpc) is 2.39. The van der Waals surface area contributed by atoms with Crippen molar-refractivity contribution in [2.45, 2.75) is 83.4 Å². The molecule has 20 heavy (non-hydrogen) atoms. The first-order valence-electron chi connectivity index (χ1n) is 8.57. The van der Waals surface area contributed by atoms with E-state index in [1.54, 1.807) is 0 Å². The molecule has 1 N–H and O–H groups in total. The molecule has 0 bridgehead atoms.